The molecule has 0 aliphatic carbocycles. The third-order valence-corrected chi connectivity index (χ3v) is 3.89. The van der Waals surface area contributed by atoms with Crippen LogP contribution in [-0.4, -0.2) is 33.5 Å². The van der Waals surface area contributed by atoms with Gasteiger partial charge in [0, 0.05) is 6.08 Å². The van der Waals surface area contributed by atoms with Crippen molar-refractivity contribution in [2.24, 2.45) is 0 Å². The fourth-order valence-electron chi connectivity index (χ4n) is 2.49. The molecule has 0 amide bonds. The number of rotatable bonds is 15. The van der Waals surface area contributed by atoms with Crippen molar-refractivity contribution in [2.75, 3.05) is 0 Å². The standard InChI is InChI=1S/C18H34O4/c1-2-3-4-5-6-7-8-9-11-16(19)14-15-17(20)12-10-13-18(21)22/h10,13,16-17,19-20H,2-9,11-12,14-15H2,1H3,(H,21,22). The zero-order valence-corrected chi connectivity index (χ0v) is 14.0. The van der Waals surface area contributed by atoms with Crippen molar-refractivity contribution in [1.82, 2.24) is 0 Å². The lowest BCUT2D eigenvalue weighted by atomic mass is 10.0. The Morgan fingerprint density at radius 2 is 1.41 bits per heavy atom. The summed E-state index contributed by atoms with van der Waals surface area (Å²) in [4.78, 5) is 10.3. The van der Waals surface area contributed by atoms with E-state index in [4.69, 9.17) is 5.11 Å². The molecule has 0 spiro atoms. The molecule has 0 heterocycles. The zero-order chi connectivity index (χ0) is 16.6. The van der Waals surface area contributed by atoms with E-state index in [0.29, 0.717) is 19.3 Å². The van der Waals surface area contributed by atoms with Crippen LogP contribution in [0.15, 0.2) is 12.2 Å². The molecule has 0 aromatic carbocycles. The third-order valence-electron chi connectivity index (χ3n) is 3.89. The Bertz CT molecular complexity index is 289. The molecule has 0 aliphatic rings. The number of carboxylic acid groups (broad SMARTS) is 1. The van der Waals surface area contributed by atoms with E-state index in [1.54, 1.807) is 0 Å². The minimum atomic E-state index is -0.998. The van der Waals surface area contributed by atoms with E-state index in [-0.39, 0.29) is 6.10 Å². The Labute approximate surface area is 135 Å². The maximum absolute atomic E-state index is 10.3. The summed E-state index contributed by atoms with van der Waals surface area (Å²) in [5.74, 6) is -0.998. The van der Waals surface area contributed by atoms with E-state index in [1.807, 2.05) is 0 Å². The van der Waals surface area contributed by atoms with E-state index >= 15 is 0 Å². The lowest BCUT2D eigenvalue weighted by Gasteiger charge is -2.13. The molecular formula is C18H34O4. The van der Waals surface area contributed by atoms with Gasteiger partial charge in [-0.1, -0.05) is 64.4 Å². The summed E-state index contributed by atoms with van der Waals surface area (Å²) in [6.45, 7) is 2.22. The predicted octanol–water partition coefficient (Wildman–Crippen LogP) is 4.05. The van der Waals surface area contributed by atoms with Crippen molar-refractivity contribution in [3.05, 3.63) is 12.2 Å². The van der Waals surface area contributed by atoms with Gasteiger partial charge in [0.2, 0.25) is 0 Å². The van der Waals surface area contributed by atoms with Crippen molar-refractivity contribution in [3.63, 3.8) is 0 Å². The first-order valence-corrected chi connectivity index (χ1v) is 8.81. The minimum absolute atomic E-state index is 0.330. The second-order valence-electron chi connectivity index (χ2n) is 6.12. The van der Waals surface area contributed by atoms with Gasteiger partial charge in [-0.2, -0.15) is 0 Å². The molecule has 0 saturated heterocycles. The van der Waals surface area contributed by atoms with Crippen molar-refractivity contribution >= 4 is 5.97 Å². The lowest BCUT2D eigenvalue weighted by molar-refractivity contribution is -0.131. The highest BCUT2D eigenvalue weighted by Gasteiger charge is 2.08. The van der Waals surface area contributed by atoms with Crippen LogP contribution in [0.3, 0.4) is 0 Å². The normalized spacial score (nSPS) is 14.3. The summed E-state index contributed by atoms with van der Waals surface area (Å²) in [6, 6.07) is 0. The van der Waals surface area contributed by atoms with E-state index < -0.39 is 12.1 Å². The first-order chi connectivity index (χ1) is 10.6. The molecule has 22 heavy (non-hydrogen) atoms. The molecule has 0 rings (SSSR count). The Morgan fingerprint density at radius 3 is 2.00 bits per heavy atom. The van der Waals surface area contributed by atoms with Gasteiger partial charge in [-0.05, 0) is 25.7 Å². The quantitative estimate of drug-likeness (QED) is 0.315. The molecule has 4 nitrogen and oxygen atoms in total. The van der Waals surface area contributed by atoms with Crippen LogP contribution in [0.1, 0.15) is 84.0 Å². The highest BCUT2D eigenvalue weighted by atomic mass is 16.4. The molecule has 0 aromatic heterocycles. The van der Waals surface area contributed by atoms with Gasteiger partial charge in [-0.25, -0.2) is 4.79 Å². The minimum Gasteiger partial charge on any atom is -0.478 e. The van der Waals surface area contributed by atoms with Gasteiger partial charge in [-0.15, -0.1) is 0 Å². The van der Waals surface area contributed by atoms with E-state index in [1.165, 1.54) is 51.0 Å². The van der Waals surface area contributed by atoms with Gasteiger partial charge in [0.15, 0.2) is 0 Å². The molecule has 2 atom stereocenters. The number of carbonyl (C=O) groups is 1. The second kappa shape index (κ2) is 15.0. The molecule has 4 heteroatoms. The van der Waals surface area contributed by atoms with Gasteiger partial charge in [0.05, 0.1) is 12.2 Å². The number of hydrogen-bond acceptors (Lipinski definition) is 3. The molecule has 0 radical (unpaired) electrons. The first kappa shape index (κ1) is 21.1. The number of unbranched alkanes of at least 4 members (excludes halogenated alkanes) is 7. The maximum atomic E-state index is 10.3. The maximum Gasteiger partial charge on any atom is 0.327 e. The van der Waals surface area contributed by atoms with Crippen molar-refractivity contribution in [3.8, 4) is 0 Å². The van der Waals surface area contributed by atoms with Crippen LogP contribution in [-0.2, 0) is 4.79 Å². The van der Waals surface area contributed by atoms with Crippen LogP contribution in [0.25, 0.3) is 0 Å². The van der Waals surface area contributed by atoms with Gasteiger partial charge >= 0.3 is 5.97 Å². The first-order valence-electron chi connectivity index (χ1n) is 8.81. The summed E-state index contributed by atoms with van der Waals surface area (Å²) in [7, 11) is 0. The number of aliphatic carboxylic acids is 1. The Kier molecular flexibility index (Phi) is 14.4. The second-order valence-corrected chi connectivity index (χ2v) is 6.12. The Hall–Kier alpha value is -0.870. The average Bonchev–Trinajstić information content (AvgIpc) is 2.47. The largest absolute Gasteiger partial charge is 0.478 e. The van der Waals surface area contributed by atoms with Gasteiger partial charge in [-0.3, -0.25) is 0 Å². The van der Waals surface area contributed by atoms with Gasteiger partial charge in [0.1, 0.15) is 0 Å². The zero-order valence-electron chi connectivity index (χ0n) is 14.0. The molecule has 3 N–H and O–H groups in total. The summed E-state index contributed by atoms with van der Waals surface area (Å²) in [6.07, 6.45) is 13.9. The van der Waals surface area contributed by atoms with Crippen molar-refractivity contribution in [2.45, 2.75) is 96.2 Å². The molecule has 0 bridgehead atoms. The third kappa shape index (κ3) is 15.5. The molecule has 130 valence electrons. The molecular weight excluding hydrogens is 280 g/mol. The number of carboxylic acids is 1. The summed E-state index contributed by atoms with van der Waals surface area (Å²) < 4.78 is 0. The highest BCUT2D eigenvalue weighted by molar-refractivity contribution is 5.79. The van der Waals surface area contributed by atoms with E-state index in [2.05, 4.69) is 6.92 Å². The average molecular weight is 314 g/mol. The topological polar surface area (TPSA) is 77.8 Å². The fourth-order valence-corrected chi connectivity index (χ4v) is 2.49. The summed E-state index contributed by atoms with van der Waals surface area (Å²) in [5.41, 5.74) is 0. The molecule has 0 aromatic rings. The molecule has 0 aliphatic heterocycles. The fraction of sp³-hybridized carbons (Fsp3) is 0.833. The lowest BCUT2D eigenvalue weighted by Crippen LogP contribution is -2.12. The van der Waals surface area contributed by atoms with Crippen LogP contribution in [0.2, 0.25) is 0 Å². The van der Waals surface area contributed by atoms with Crippen LogP contribution in [0.4, 0.5) is 0 Å². The molecule has 0 saturated carbocycles. The smallest absolute Gasteiger partial charge is 0.327 e. The van der Waals surface area contributed by atoms with E-state index in [0.717, 1.165) is 18.9 Å². The summed E-state index contributed by atoms with van der Waals surface area (Å²) >= 11 is 0. The Balaban J connectivity index is 3.42. The SMILES string of the molecule is CCCCCCCCCCC(O)CCC(O)CC=CC(=O)O. The monoisotopic (exact) mass is 314 g/mol. The molecule has 0 fully saturated rings. The predicted molar refractivity (Wildman–Crippen MR) is 89.9 cm³/mol. The van der Waals surface area contributed by atoms with E-state index in [9.17, 15) is 15.0 Å². The van der Waals surface area contributed by atoms with Crippen LogP contribution in [0.5, 0.6) is 0 Å². The van der Waals surface area contributed by atoms with Gasteiger partial charge < -0.3 is 15.3 Å². The number of hydrogen-bond donors (Lipinski definition) is 3. The van der Waals surface area contributed by atoms with Crippen LogP contribution < -0.4 is 0 Å². The number of aliphatic hydroxyl groups excluding tert-OH is 2. The van der Waals surface area contributed by atoms with Crippen molar-refractivity contribution < 1.29 is 20.1 Å². The summed E-state index contributed by atoms with van der Waals surface area (Å²) in [5, 5.41) is 28.0. The van der Waals surface area contributed by atoms with Crippen LogP contribution >= 0.6 is 0 Å². The number of aliphatic hydroxyl groups is 2. The highest BCUT2D eigenvalue weighted by Crippen LogP contribution is 2.14. The van der Waals surface area contributed by atoms with Crippen molar-refractivity contribution in [1.29, 1.82) is 0 Å². The van der Waals surface area contributed by atoms with Crippen LogP contribution in [0, 0.1) is 0 Å². The van der Waals surface area contributed by atoms with Gasteiger partial charge in [0.25, 0.3) is 0 Å². The molecule has 2 unspecified atom stereocenters. The Morgan fingerprint density at radius 1 is 0.864 bits per heavy atom.